The monoisotopic (exact) mass is 340 g/mol. The molecule has 0 spiro atoms. The van der Waals surface area contributed by atoms with E-state index in [1.165, 1.54) is 0 Å². The van der Waals surface area contributed by atoms with E-state index in [9.17, 15) is 9.90 Å². The van der Waals surface area contributed by atoms with Gasteiger partial charge in [0.05, 0.1) is 5.69 Å². The molecule has 1 aliphatic rings. The maximum Gasteiger partial charge on any atom is 0.321 e. The Bertz CT molecular complexity index is 718. The minimum atomic E-state index is -0.147. The Labute approximate surface area is 148 Å². The molecule has 1 fully saturated rings. The lowest BCUT2D eigenvalue weighted by Crippen LogP contribution is -2.33. The predicted molar refractivity (Wildman–Crippen MR) is 97.7 cm³/mol. The molecule has 0 unspecified atom stereocenters. The first-order chi connectivity index (χ1) is 12.2. The van der Waals surface area contributed by atoms with Crippen molar-refractivity contribution in [3.05, 3.63) is 59.7 Å². The number of aryl methyl sites for hydroxylation is 1. The van der Waals surface area contributed by atoms with Crippen LogP contribution in [0.1, 0.15) is 17.5 Å². The molecule has 5 nitrogen and oxygen atoms in total. The molecule has 132 valence electrons. The number of nitrogens with one attached hydrogen (secondary N) is 1. The van der Waals surface area contributed by atoms with Gasteiger partial charge in [0.25, 0.3) is 0 Å². The van der Waals surface area contributed by atoms with Crippen LogP contribution in [0.25, 0.3) is 0 Å². The first kappa shape index (κ1) is 17.3. The third-order valence-corrected chi connectivity index (χ3v) is 4.45. The van der Waals surface area contributed by atoms with Gasteiger partial charge in [-0.1, -0.05) is 36.4 Å². The number of aliphatic hydroxyl groups is 1. The topological polar surface area (TPSA) is 61.8 Å². The van der Waals surface area contributed by atoms with E-state index in [0.29, 0.717) is 31.1 Å². The van der Waals surface area contributed by atoms with Crippen molar-refractivity contribution in [2.45, 2.75) is 20.0 Å². The SMILES string of the molecule is Cc1ccc(OCc2ccccc2)c(NC(=O)N2CC[C@H](CO)C2)c1. The molecule has 1 saturated heterocycles. The first-order valence-corrected chi connectivity index (χ1v) is 8.60. The minimum Gasteiger partial charge on any atom is -0.487 e. The van der Waals surface area contributed by atoms with Crippen LogP contribution in [0.4, 0.5) is 10.5 Å². The summed E-state index contributed by atoms with van der Waals surface area (Å²) >= 11 is 0. The van der Waals surface area contributed by atoms with Gasteiger partial charge in [-0.3, -0.25) is 0 Å². The second-order valence-corrected chi connectivity index (χ2v) is 6.49. The molecule has 0 saturated carbocycles. The van der Waals surface area contributed by atoms with Crippen LogP contribution in [0.3, 0.4) is 0 Å². The number of hydrogen-bond donors (Lipinski definition) is 2. The molecule has 0 aliphatic carbocycles. The summed E-state index contributed by atoms with van der Waals surface area (Å²) in [7, 11) is 0. The molecule has 2 aromatic rings. The number of carbonyl (C=O) groups is 1. The molecule has 3 rings (SSSR count). The molecule has 2 amide bonds. The number of ether oxygens (including phenoxy) is 1. The zero-order valence-corrected chi connectivity index (χ0v) is 14.4. The fraction of sp³-hybridized carbons (Fsp3) is 0.350. The Kier molecular flexibility index (Phi) is 5.56. The van der Waals surface area contributed by atoms with Gasteiger partial charge in [0.15, 0.2) is 0 Å². The van der Waals surface area contributed by atoms with Gasteiger partial charge in [-0.15, -0.1) is 0 Å². The van der Waals surface area contributed by atoms with Crippen molar-refractivity contribution >= 4 is 11.7 Å². The summed E-state index contributed by atoms with van der Waals surface area (Å²) in [5, 5.41) is 12.2. The number of nitrogens with zero attached hydrogens (tertiary/aromatic N) is 1. The van der Waals surface area contributed by atoms with Gasteiger partial charge < -0.3 is 20.1 Å². The highest BCUT2D eigenvalue weighted by Crippen LogP contribution is 2.27. The highest BCUT2D eigenvalue weighted by Gasteiger charge is 2.26. The van der Waals surface area contributed by atoms with Crippen molar-refractivity contribution < 1.29 is 14.6 Å². The number of anilines is 1. The Morgan fingerprint density at radius 3 is 2.80 bits per heavy atom. The number of urea groups is 1. The van der Waals surface area contributed by atoms with E-state index in [-0.39, 0.29) is 18.6 Å². The van der Waals surface area contributed by atoms with E-state index < -0.39 is 0 Å². The molecule has 0 bridgehead atoms. The number of benzene rings is 2. The lowest BCUT2D eigenvalue weighted by Gasteiger charge is -2.19. The molecule has 2 N–H and O–H groups in total. The average Bonchev–Trinajstić information content (AvgIpc) is 3.11. The lowest BCUT2D eigenvalue weighted by molar-refractivity contribution is 0.208. The number of amides is 2. The summed E-state index contributed by atoms with van der Waals surface area (Å²) in [5.74, 6) is 0.831. The zero-order chi connectivity index (χ0) is 17.6. The quantitative estimate of drug-likeness (QED) is 0.877. The maximum absolute atomic E-state index is 12.5. The van der Waals surface area contributed by atoms with Gasteiger partial charge in [-0.25, -0.2) is 4.79 Å². The maximum atomic E-state index is 12.5. The van der Waals surface area contributed by atoms with E-state index in [2.05, 4.69) is 5.32 Å². The van der Waals surface area contributed by atoms with Gasteiger partial charge >= 0.3 is 6.03 Å². The van der Waals surface area contributed by atoms with Crippen LogP contribution in [0.2, 0.25) is 0 Å². The summed E-state index contributed by atoms with van der Waals surface area (Å²) in [6.45, 7) is 3.81. The Balaban J connectivity index is 1.67. The van der Waals surface area contributed by atoms with Crippen LogP contribution in [0.5, 0.6) is 5.75 Å². The first-order valence-electron chi connectivity index (χ1n) is 8.60. The molecule has 1 atom stereocenters. The van der Waals surface area contributed by atoms with Crippen LogP contribution in [0, 0.1) is 12.8 Å². The molecule has 1 aliphatic heterocycles. The van der Waals surface area contributed by atoms with Gasteiger partial charge in [-0.05, 0) is 36.6 Å². The van der Waals surface area contributed by atoms with Crippen LogP contribution in [-0.2, 0) is 6.61 Å². The van der Waals surface area contributed by atoms with Crippen molar-refractivity contribution in [2.24, 2.45) is 5.92 Å². The summed E-state index contributed by atoms with van der Waals surface area (Å²) < 4.78 is 5.91. The number of hydrogen-bond acceptors (Lipinski definition) is 3. The summed E-state index contributed by atoms with van der Waals surface area (Å²) in [5.41, 5.74) is 2.80. The third kappa shape index (κ3) is 4.51. The highest BCUT2D eigenvalue weighted by atomic mass is 16.5. The Morgan fingerprint density at radius 1 is 1.28 bits per heavy atom. The van der Waals surface area contributed by atoms with Crippen molar-refractivity contribution in [2.75, 3.05) is 25.0 Å². The predicted octanol–water partition coefficient (Wildman–Crippen LogP) is 3.42. The fourth-order valence-corrected chi connectivity index (χ4v) is 2.96. The highest BCUT2D eigenvalue weighted by molar-refractivity contribution is 5.91. The Morgan fingerprint density at radius 2 is 2.08 bits per heavy atom. The van der Waals surface area contributed by atoms with Gasteiger partial charge in [0, 0.05) is 25.6 Å². The molecule has 0 aromatic heterocycles. The molecule has 1 heterocycles. The van der Waals surface area contributed by atoms with E-state index in [1.54, 1.807) is 4.90 Å². The summed E-state index contributed by atoms with van der Waals surface area (Å²) in [6.07, 6.45) is 0.842. The van der Waals surface area contributed by atoms with Crippen LogP contribution >= 0.6 is 0 Å². The van der Waals surface area contributed by atoms with Gasteiger partial charge in [0.1, 0.15) is 12.4 Å². The number of likely N-dealkylation sites (tertiary alicyclic amines) is 1. The second kappa shape index (κ2) is 8.03. The zero-order valence-electron chi connectivity index (χ0n) is 14.4. The molecule has 2 aromatic carbocycles. The van der Waals surface area contributed by atoms with Gasteiger partial charge in [0.2, 0.25) is 0 Å². The molecular formula is C20H24N2O3. The number of carbonyl (C=O) groups excluding carboxylic acids is 1. The van der Waals surface area contributed by atoms with E-state index in [1.807, 2.05) is 55.5 Å². The fourth-order valence-electron chi connectivity index (χ4n) is 2.96. The van der Waals surface area contributed by atoms with Crippen LogP contribution < -0.4 is 10.1 Å². The Hall–Kier alpha value is -2.53. The largest absolute Gasteiger partial charge is 0.487 e. The lowest BCUT2D eigenvalue weighted by atomic mass is 10.1. The molecular weight excluding hydrogens is 316 g/mol. The smallest absolute Gasteiger partial charge is 0.321 e. The van der Waals surface area contributed by atoms with Gasteiger partial charge in [-0.2, -0.15) is 0 Å². The van der Waals surface area contributed by atoms with Crippen molar-refractivity contribution in [1.29, 1.82) is 0 Å². The normalized spacial score (nSPS) is 16.7. The van der Waals surface area contributed by atoms with E-state index in [0.717, 1.165) is 17.5 Å². The van der Waals surface area contributed by atoms with E-state index in [4.69, 9.17) is 4.74 Å². The summed E-state index contributed by atoms with van der Waals surface area (Å²) in [4.78, 5) is 14.2. The average molecular weight is 340 g/mol. The van der Waals surface area contributed by atoms with Crippen molar-refractivity contribution in [3.63, 3.8) is 0 Å². The molecule has 5 heteroatoms. The third-order valence-electron chi connectivity index (χ3n) is 4.45. The standard InChI is InChI=1S/C20H24N2O3/c1-15-7-8-19(25-14-16-5-3-2-4-6-16)18(11-15)21-20(24)22-10-9-17(12-22)13-23/h2-8,11,17,23H,9-10,12-14H2,1H3,(H,21,24)/t17-/m0/s1. The number of aliphatic hydroxyl groups excluding tert-OH is 1. The summed E-state index contributed by atoms with van der Waals surface area (Å²) in [6, 6.07) is 15.5. The van der Waals surface area contributed by atoms with Crippen molar-refractivity contribution in [3.8, 4) is 5.75 Å². The van der Waals surface area contributed by atoms with Crippen LogP contribution in [0.15, 0.2) is 48.5 Å². The second-order valence-electron chi connectivity index (χ2n) is 6.49. The number of rotatable bonds is 5. The molecule has 0 radical (unpaired) electrons. The van der Waals surface area contributed by atoms with Crippen LogP contribution in [-0.4, -0.2) is 35.7 Å². The molecule has 25 heavy (non-hydrogen) atoms. The van der Waals surface area contributed by atoms with E-state index >= 15 is 0 Å². The van der Waals surface area contributed by atoms with Crippen molar-refractivity contribution in [1.82, 2.24) is 4.90 Å². The minimum absolute atomic E-state index is 0.125.